The molecule has 0 spiro atoms. The second kappa shape index (κ2) is 9.53. The van der Waals surface area contributed by atoms with Gasteiger partial charge in [0, 0.05) is 30.7 Å². The molecule has 0 radical (unpaired) electrons. The van der Waals surface area contributed by atoms with Crippen LogP contribution in [-0.2, 0) is 10.2 Å². The molecule has 0 aliphatic carbocycles. The topological polar surface area (TPSA) is 73.6 Å². The van der Waals surface area contributed by atoms with Crippen molar-refractivity contribution >= 4 is 29.1 Å². The van der Waals surface area contributed by atoms with Crippen LogP contribution in [0.4, 0.5) is 0 Å². The first-order valence-electron chi connectivity index (χ1n) is 10.4. The van der Waals surface area contributed by atoms with Gasteiger partial charge >= 0.3 is 0 Å². The minimum atomic E-state index is -0.283. The average Bonchev–Trinajstić information content (AvgIpc) is 3.19. The summed E-state index contributed by atoms with van der Waals surface area (Å²) >= 11 is 12.7. The van der Waals surface area contributed by atoms with E-state index in [0.717, 1.165) is 24.2 Å². The van der Waals surface area contributed by atoms with Crippen molar-refractivity contribution in [2.45, 2.75) is 25.2 Å². The molecule has 6 nitrogen and oxygen atoms in total. The molecule has 3 aromatic rings. The molecule has 32 heavy (non-hydrogen) atoms. The number of halogens is 2. The molecule has 1 N–H and O–H groups in total. The first-order valence-corrected chi connectivity index (χ1v) is 11.1. The van der Waals surface area contributed by atoms with Gasteiger partial charge in [-0.05, 0) is 49.6 Å². The molecule has 2 aromatic carbocycles. The van der Waals surface area contributed by atoms with E-state index in [-0.39, 0.29) is 11.3 Å². The van der Waals surface area contributed by atoms with Crippen LogP contribution in [0.25, 0.3) is 11.3 Å². The smallest absolute Gasteiger partial charge is 0.257 e. The van der Waals surface area contributed by atoms with Gasteiger partial charge in [-0.15, -0.1) is 0 Å². The van der Waals surface area contributed by atoms with Crippen LogP contribution in [0, 0.1) is 6.92 Å². The average molecular weight is 475 g/mol. The van der Waals surface area contributed by atoms with E-state index in [0.29, 0.717) is 52.4 Å². The van der Waals surface area contributed by atoms with Crippen LogP contribution in [0.1, 0.15) is 34.5 Å². The molecule has 0 saturated carbocycles. The fraction of sp³-hybridized carbons (Fsp3) is 0.333. The van der Waals surface area contributed by atoms with E-state index in [1.807, 2.05) is 12.1 Å². The number of rotatable bonds is 6. The second-order valence-electron chi connectivity index (χ2n) is 7.86. The van der Waals surface area contributed by atoms with E-state index >= 15 is 0 Å². The summed E-state index contributed by atoms with van der Waals surface area (Å²) in [6.45, 7) is 3.41. The summed E-state index contributed by atoms with van der Waals surface area (Å²) in [4.78, 5) is 13.3. The maximum absolute atomic E-state index is 13.3. The van der Waals surface area contributed by atoms with E-state index in [9.17, 15) is 4.79 Å². The lowest BCUT2D eigenvalue weighted by atomic mass is 9.74. The van der Waals surface area contributed by atoms with Crippen LogP contribution < -0.4 is 10.1 Å². The lowest BCUT2D eigenvalue weighted by molar-refractivity contribution is 0.0487. The Hall–Kier alpha value is -2.54. The third-order valence-electron chi connectivity index (χ3n) is 6.03. The molecule has 1 aromatic heterocycles. The molecule has 0 unspecified atom stereocenters. The predicted molar refractivity (Wildman–Crippen MR) is 124 cm³/mol. The van der Waals surface area contributed by atoms with Crippen LogP contribution in [0.2, 0.25) is 10.0 Å². The van der Waals surface area contributed by atoms with E-state index in [1.165, 1.54) is 0 Å². The largest absolute Gasteiger partial charge is 0.497 e. The first-order chi connectivity index (χ1) is 15.4. The van der Waals surface area contributed by atoms with Gasteiger partial charge in [-0.25, -0.2) is 0 Å². The molecule has 1 amide bonds. The number of aromatic nitrogens is 1. The predicted octanol–water partition coefficient (Wildman–Crippen LogP) is 5.44. The highest BCUT2D eigenvalue weighted by Crippen LogP contribution is 2.38. The molecular formula is C24H24Cl2N2O4. The summed E-state index contributed by atoms with van der Waals surface area (Å²) in [7, 11) is 1.64. The zero-order chi connectivity index (χ0) is 22.7. The molecule has 168 valence electrons. The van der Waals surface area contributed by atoms with Crippen molar-refractivity contribution in [2.24, 2.45) is 0 Å². The van der Waals surface area contributed by atoms with Gasteiger partial charge in [0.25, 0.3) is 5.91 Å². The van der Waals surface area contributed by atoms with Crippen molar-refractivity contribution in [1.82, 2.24) is 10.5 Å². The summed E-state index contributed by atoms with van der Waals surface area (Å²) in [5.41, 5.74) is 2.04. The Morgan fingerprint density at radius 3 is 2.41 bits per heavy atom. The molecule has 1 saturated heterocycles. The Bertz CT molecular complexity index is 1090. The number of ether oxygens (including phenoxy) is 2. The number of nitrogens with one attached hydrogen (secondary N) is 1. The summed E-state index contributed by atoms with van der Waals surface area (Å²) < 4.78 is 16.2. The van der Waals surface area contributed by atoms with Gasteiger partial charge in [0.1, 0.15) is 22.8 Å². The Morgan fingerprint density at radius 1 is 1.12 bits per heavy atom. The van der Waals surface area contributed by atoms with E-state index in [1.54, 1.807) is 32.2 Å². The van der Waals surface area contributed by atoms with Crippen LogP contribution in [0.15, 0.2) is 47.0 Å². The third kappa shape index (κ3) is 4.35. The molecule has 8 heteroatoms. The minimum Gasteiger partial charge on any atom is -0.497 e. The van der Waals surface area contributed by atoms with Crippen molar-refractivity contribution in [3.05, 3.63) is 69.4 Å². The highest BCUT2D eigenvalue weighted by atomic mass is 35.5. The van der Waals surface area contributed by atoms with Gasteiger partial charge in [-0.1, -0.05) is 46.6 Å². The molecule has 1 aliphatic rings. The minimum absolute atomic E-state index is 0.243. The van der Waals surface area contributed by atoms with Crippen LogP contribution in [0.3, 0.4) is 0 Å². The highest BCUT2D eigenvalue weighted by Gasteiger charge is 2.36. The van der Waals surface area contributed by atoms with Gasteiger partial charge in [-0.3, -0.25) is 4.79 Å². The monoisotopic (exact) mass is 474 g/mol. The van der Waals surface area contributed by atoms with Crippen molar-refractivity contribution in [3.63, 3.8) is 0 Å². The van der Waals surface area contributed by atoms with Gasteiger partial charge < -0.3 is 19.3 Å². The number of hydrogen-bond acceptors (Lipinski definition) is 5. The van der Waals surface area contributed by atoms with Crippen molar-refractivity contribution in [3.8, 4) is 17.0 Å². The molecule has 1 aliphatic heterocycles. The van der Waals surface area contributed by atoms with Gasteiger partial charge in [0.05, 0.1) is 17.2 Å². The summed E-state index contributed by atoms with van der Waals surface area (Å²) in [6.07, 6.45) is 1.59. The Kier molecular flexibility index (Phi) is 6.74. The normalized spacial score (nSPS) is 15.4. The van der Waals surface area contributed by atoms with E-state index in [2.05, 4.69) is 22.6 Å². The van der Waals surface area contributed by atoms with E-state index < -0.39 is 0 Å². The van der Waals surface area contributed by atoms with Crippen molar-refractivity contribution in [2.75, 3.05) is 26.9 Å². The van der Waals surface area contributed by atoms with Crippen molar-refractivity contribution < 1.29 is 18.8 Å². The van der Waals surface area contributed by atoms with E-state index in [4.69, 9.17) is 37.2 Å². The number of hydrogen-bond donors (Lipinski definition) is 1. The molecule has 1 fully saturated rings. The molecule has 0 atom stereocenters. The fourth-order valence-corrected chi connectivity index (χ4v) is 4.72. The Morgan fingerprint density at radius 2 is 1.78 bits per heavy atom. The number of methoxy groups -OCH3 is 1. The molecule has 0 bridgehead atoms. The molecule has 2 heterocycles. The number of carbonyl (C=O) groups is 1. The van der Waals surface area contributed by atoms with Crippen LogP contribution in [-0.4, -0.2) is 37.9 Å². The standard InChI is InChI=1S/C24H24Cl2N2O4/c1-15-20(22(28-32-15)21-18(25)4-3-5-19(21)26)23(29)27-14-24(10-12-31-13-11-24)16-6-8-17(30-2)9-7-16/h3-9H,10-14H2,1-2H3,(H,27,29). The third-order valence-corrected chi connectivity index (χ3v) is 6.66. The quantitative estimate of drug-likeness (QED) is 0.514. The van der Waals surface area contributed by atoms with Crippen molar-refractivity contribution in [1.29, 1.82) is 0 Å². The maximum atomic E-state index is 13.3. The molecule has 4 rings (SSSR count). The summed E-state index contributed by atoms with van der Waals surface area (Å²) in [5, 5.41) is 7.98. The fourth-order valence-electron chi connectivity index (χ4n) is 4.15. The lowest BCUT2D eigenvalue weighted by Gasteiger charge is -2.38. The maximum Gasteiger partial charge on any atom is 0.257 e. The lowest BCUT2D eigenvalue weighted by Crippen LogP contribution is -2.44. The first kappa shape index (κ1) is 22.6. The van der Waals surface area contributed by atoms with Gasteiger partial charge in [0.15, 0.2) is 0 Å². The van der Waals surface area contributed by atoms with Gasteiger partial charge in [-0.2, -0.15) is 0 Å². The number of aryl methyl sites for hydroxylation is 1. The van der Waals surface area contributed by atoms with Crippen LogP contribution >= 0.6 is 23.2 Å². The Balaban J connectivity index is 1.62. The number of amides is 1. The molecular weight excluding hydrogens is 451 g/mol. The second-order valence-corrected chi connectivity index (χ2v) is 8.68. The SMILES string of the molecule is COc1ccc(C2(CNC(=O)c3c(-c4c(Cl)cccc4Cl)noc3C)CCOCC2)cc1. The summed E-state index contributed by atoms with van der Waals surface area (Å²) in [5.74, 6) is 0.912. The summed E-state index contributed by atoms with van der Waals surface area (Å²) in [6, 6.07) is 13.1. The van der Waals surface area contributed by atoms with Gasteiger partial charge in [0.2, 0.25) is 0 Å². The highest BCUT2D eigenvalue weighted by molar-refractivity contribution is 6.39. The van der Waals surface area contributed by atoms with Crippen LogP contribution in [0.5, 0.6) is 5.75 Å². The number of nitrogens with zero attached hydrogens (tertiary/aromatic N) is 1. The number of carbonyl (C=O) groups excluding carboxylic acids is 1. The Labute approximate surface area is 196 Å². The zero-order valence-corrected chi connectivity index (χ0v) is 19.4. The zero-order valence-electron chi connectivity index (χ0n) is 17.9. The number of benzene rings is 2.